The third-order valence-electron chi connectivity index (χ3n) is 3.43. The summed E-state index contributed by atoms with van der Waals surface area (Å²) in [6.07, 6.45) is 2.71. The molecule has 2 rings (SSSR count). The summed E-state index contributed by atoms with van der Waals surface area (Å²) >= 11 is 6.01. The number of carbonyl (C=O) groups excluding carboxylic acids is 1. The number of anilines is 1. The van der Waals surface area contributed by atoms with E-state index in [9.17, 15) is 13.2 Å². The van der Waals surface area contributed by atoms with Crippen LogP contribution < -0.4 is 10.1 Å². The Hall–Kier alpha value is -1.31. The van der Waals surface area contributed by atoms with E-state index in [1.807, 2.05) is 6.92 Å². The molecule has 0 atom stereocenters. The quantitative estimate of drug-likeness (QED) is 0.855. The molecule has 8 heteroatoms. The second-order valence-electron chi connectivity index (χ2n) is 5.39. The van der Waals surface area contributed by atoms with Crippen molar-refractivity contribution in [3.05, 3.63) is 22.7 Å². The Kier molecular flexibility index (Phi) is 4.99. The average molecular weight is 347 g/mol. The van der Waals surface area contributed by atoms with Crippen molar-refractivity contribution < 1.29 is 17.9 Å². The van der Waals surface area contributed by atoms with Gasteiger partial charge in [0.2, 0.25) is 15.9 Å². The van der Waals surface area contributed by atoms with Gasteiger partial charge in [-0.2, -0.15) is 4.31 Å². The zero-order valence-electron chi connectivity index (χ0n) is 12.7. The molecule has 0 aliphatic heterocycles. The standard InChI is InChI=1S/C14H19ClN2O4S/c1-9-6-12(13(21-2)7-11(9)15)16-14(18)8-17(10-4-5-10)22(3,19)20/h6-7,10H,4-5,8H2,1-3H3,(H,16,18). The zero-order valence-corrected chi connectivity index (χ0v) is 14.3. The zero-order chi connectivity index (χ0) is 16.5. The van der Waals surface area contributed by atoms with Crippen LogP contribution in [0, 0.1) is 6.92 Å². The third kappa shape index (κ3) is 4.12. The van der Waals surface area contributed by atoms with Crippen molar-refractivity contribution in [2.45, 2.75) is 25.8 Å². The van der Waals surface area contributed by atoms with E-state index in [-0.39, 0.29) is 12.6 Å². The number of ether oxygens (including phenoxy) is 1. The summed E-state index contributed by atoms with van der Waals surface area (Å²) in [4.78, 5) is 12.2. The number of benzene rings is 1. The molecule has 22 heavy (non-hydrogen) atoms. The van der Waals surface area contributed by atoms with E-state index in [4.69, 9.17) is 16.3 Å². The maximum absolute atomic E-state index is 12.2. The first kappa shape index (κ1) is 17.1. The molecular formula is C14H19ClN2O4S. The van der Waals surface area contributed by atoms with Crippen molar-refractivity contribution in [1.82, 2.24) is 4.31 Å². The van der Waals surface area contributed by atoms with Crippen molar-refractivity contribution in [1.29, 1.82) is 0 Å². The Balaban J connectivity index is 2.13. The molecule has 0 unspecified atom stereocenters. The van der Waals surface area contributed by atoms with Crippen LogP contribution in [0.1, 0.15) is 18.4 Å². The van der Waals surface area contributed by atoms with Crippen LogP contribution in [0.4, 0.5) is 5.69 Å². The van der Waals surface area contributed by atoms with Crippen LogP contribution in [-0.2, 0) is 14.8 Å². The summed E-state index contributed by atoms with van der Waals surface area (Å²) in [5.74, 6) is 0.0265. The Morgan fingerprint density at radius 2 is 2.09 bits per heavy atom. The van der Waals surface area contributed by atoms with E-state index in [0.717, 1.165) is 24.7 Å². The van der Waals surface area contributed by atoms with E-state index in [1.54, 1.807) is 12.1 Å². The van der Waals surface area contributed by atoms with Gasteiger partial charge >= 0.3 is 0 Å². The molecular weight excluding hydrogens is 328 g/mol. The number of rotatable bonds is 6. The number of aryl methyl sites for hydroxylation is 1. The van der Waals surface area contributed by atoms with Crippen LogP contribution >= 0.6 is 11.6 Å². The second-order valence-corrected chi connectivity index (χ2v) is 7.73. The number of carbonyl (C=O) groups is 1. The minimum absolute atomic E-state index is 0.0606. The third-order valence-corrected chi connectivity index (χ3v) is 5.12. The minimum Gasteiger partial charge on any atom is -0.495 e. The molecule has 1 saturated carbocycles. The molecule has 1 aromatic rings. The van der Waals surface area contributed by atoms with Gasteiger partial charge in [-0.25, -0.2) is 8.42 Å². The molecule has 1 N–H and O–H groups in total. The van der Waals surface area contributed by atoms with Gasteiger partial charge in [0.05, 0.1) is 25.6 Å². The average Bonchev–Trinajstić information content (AvgIpc) is 3.23. The summed E-state index contributed by atoms with van der Waals surface area (Å²) in [5.41, 5.74) is 1.26. The first-order valence-corrected chi connectivity index (χ1v) is 9.06. The predicted octanol–water partition coefficient (Wildman–Crippen LogP) is 2.02. The first-order chi connectivity index (χ1) is 10.2. The first-order valence-electron chi connectivity index (χ1n) is 6.83. The molecule has 1 fully saturated rings. The summed E-state index contributed by atoms with van der Waals surface area (Å²) in [6.45, 7) is 1.61. The lowest BCUT2D eigenvalue weighted by atomic mass is 10.2. The van der Waals surface area contributed by atoms with E-state index in [2.05, 4.69) is 5.32 Å². The largest absolute Gasteiger partial charge is 0.495 e. The maximum atomic E-state index is 12.2. The molecule has 0 aromatic heterocycles. The molecule has 1 aliphatic carbocycles. The van der Waals surface area contributed by atoms with Crippen molar-refractivity contribution in [3.63, 3.8) is 0 Å². The molecule has 6 nitrogen and oxygen atoms in total. The molecule has 0 bridgehead atoms. The fourth-order valence-electron chi connectivity index (χ4n) is 2.14. The Labute approximate surface area is 135 Å². The van der Waals surface area contributed by atoms with Gasteiger partial charge in [0.1, 0.15) is 5.75 Å². The molecule has 0 spiro atoms. The number of hydrogen-bond acceptors (Lipinski definition) is 4. The predicted molar refractivity (Wildman–Crippen MR) is 85.9 cm³/mol. The Morgan fingerprint density at radius 1 is 1.45 bits per heavy atom. The van der Waals surface area contributed by atoms with E-state index in [0.29, 0.717) is 16.5 Å². The number of nitrogens with one attached hydrogen (secondary N) is 1. The molecule has 1 aliphatic rings. The van der Waals surface area contributed by atoms with Crippen LogP contribution in [0.3, 0.4) is 0 Å². The highest BCUT2D eigenvalue weighted by Crippen LogP contribution is 2.32. The highest BCUT2D eigenvalue weighted by molar-refractivity contribution is 7.88. The second kappa shape index (κ2) is 6.44. The lowest BCUT2D eigenvalue weighted by molar-refractivity contribution is -0.116. The molecule has 1 amide bonds. The highest BCUT2D eigenvalue weighted by Gasteiger charge is 2.36. The van der Waals surface area contributed by atoms with Gasteiger partial charge in [0.15, 0.2) is 0 Å². The van der Waals surface area contributed by atoms with Gasteiger partial charge in [0.25, 0.3) is 0 Å². The molecule has 1 aromatic carbocycles. The molecule has 0 radical (unpaired) electrons. The van der Waals surface area contributed by atoms with Crippen LogP contribution in [-0.4, -0.2) is 44.6 Å². The highest BCUT2D eigenvalue weighted by atomic mass is 35.5. The fraction of sp³-hybridized carbons (Fsp3) is 0.500. The Bertz CT molecular complexity index is 686. The molecule has 0 heterocycles. The van der Waals surface area contributed by atoms with Crippen molar-refractivity contribution >= 4 is 33.2 Å². The van der Waals surface area contributed by atoms with Crippen molar-refractivity contribution in [2.24, 2.45) is 0 Å². The number of halogens is 1. The van der Waals surface area contributed by atoms with Gasteiger partial charge < -0.3 is 10.1 Å². The number of hydrogen-bond donors (Lipinski definition) is 1. The summed E-state index contributed by atoms with van der Waals surface area (Å²) in [7, 11) is -1.92. The van der Waals surface area contributed by atoms with E-state index < -0.39 is 15.9 Å². The number of methoxy groups -OCH3 is 1. The number of sulfonamides is 1. The van der Waals surface area contributed by atoms with E-state index >= 15 is 0 Å². The molecule has 122 valence electrons. The van der Waals surface area contributed by atoms with Gasteiger partial charge in [0, 0.05) is 17.1 Å². The van der Waals surface area contributed by atoms with Gasteiger partial charge in [-0.05, 0) is 31.4 Å². The van der Waals surface area contributed by atoms with Crippen molar-refractivity contribution in [2.75, 3.05) is 25.2 Å². The van der Waals surface area contributed by atoms with Gasteiger partial charge in [-0.1, -0.05) is 11.6 Å². The number of nitrogens with zero attached hydrogens (tertiary/aromatic N) is 1. The SMILES string of the molecule is COc1cc(Cl)c(C)cc1NC(=O)CN(C1CC1)S(C)(=O)=O. The topological polar surface area (TPSA) is 75.7 Å². The monoisotopic (exact) mass is 346 g/mol. The minimum atomic E-state index is -3.40. The smallest absolute Gasteiger partial charge is 0.239 e. The summed E-state index contributed by atoms with van der Waals surface area (Å²) in [5, 5.41) is 3.22. The van der Waals surface area contributed by atoms with Crippen LogP contribution in [0.15, 0.2) is 12.1 Å². The lowest BCUT2D eigenvalue weighted by Crippen LogP contribution is -2.38. The van der Waals surface area contributed by atoms with Crippen LogP contribution in [0.5, 0.6) is 5.75 Å². The fourth-order valence-corrected chi connectivity index (χ4v) is 3.40. The maximum Gasteiger partial charge on any atom is 0.239 e. The molecule has 0 saturated heterocycles. The Morgan fingerprint density at radius 3 is 2.59 bits per heavy atom. The van der Waals surface area contributed by atoms with Crippen LogP contribution in [0.25, 0.3) is 0 Å². The van der Waals surface area contributed by atoms with Gasteiger partial charge in [-0.15, -0.1) is 0 Å². The van der Waals surface area contributed by atoms with Crippen molar-refractivity contribution in [3.8, 4) is 5.75 Å². The van der Waals surface area contributed by atoms with Gasteiger partial charge in [-0.3, -0.25) is 4.79 Å². The normalized spacial score (nSPS) is 15.0. The summed E-state index contributed by atoms with van der Waals surface area (Å²) < 4.78 is 29.9. The van der Waals surface area contributed by atoms with E-state index in [1.165, 1.54) is 11.4 Å². The lowest BCUT2D eigenvalue weighted by Gasteiger charge is -2.19. The number of amides is 1. The summed E-state index contributed by atoms with van der Waals surface area (Å²) in [6, 6.07) is 3.25. The van der Waals surface area contributed by atoms with Crippen LogP contribution in [0.2, 0.25) is 5.02 Å².